The Balaban J connectivity index is 2.44. The summed E-state index contributed by atoms with van der Waals surface area (Å²) in [5, 5.41) is 9.03. The first-order valence-corrected chi connectivity index (χ1v) is 6.40. The molecule has 0 radical (unpaired) electrons. The van der Waals surface area contributed by atoms with Gasteiger partial charge < -0.3 is 9.84 Å². The highest BCUT2D eigenvalue weighted by Gasteiger charge is 2.13. The van der Waals surface area contributed by atoms with Crippen LogP contribution < -0.4 is 4.74 Å². The average molecular weight is 323 g/mol. The third kappa shape index (κ3) is 3.08. The van der Waals surface area contributed by atoms with E-state index < -0.39 is 5.97 Å². The summed E-state index contributed by atoms with van der Waals surface area (Å²) < 4.78 is 5.74. The van der Waals surface area contributed by atoms with Crippen LogP contribution in [0.25, 0.3) is 11.4 Å². The van der Waals surface area contributed by atoms with Crippen LogP contribution in [0.1, 0.15) is 17.4 Å². The number of halogens is 1. The average Bonchev–Trinajstić information content (AvgIpc) is 2.39. The molecule has 1 aromatic carbocycles. The number of aromatic nitrogens is 2. The second-order valence-corrected chi connectivity index (χ2v) is 4.51. The van der Waals surface area contributed by atoms with Crippen LogP contribution >= 0.6 is 15.9 Å². The standard InChI is InChI=1S/C13H11BrN2O3/c1-2-19-9-5-3-4-8(6-9)12-15-7-10(14)11(16-12)13(17)18/h3-7H,2H2,1H3,(H,17,18). The van der Waals surface area contributed by atoms with Gasteiger partial charge in [-0.05, 0) is 35.0 Å². The van der Waals surface area contributed by atoms with E-state index in [9.17, 15) is 4.79 Å². The van der Waals surface area contributed by atoms with Crippen LogP contribution in [0, 0.1) is 0 Å². The van der Waals surface area contributed by atoms with E-state index in [0.29, 0.717) is 28.2 Å². The molecule has 6 heteroatoms. The molecule has 0 amide bonds. The number of carboxylic acids is 1. The van der Waals surface area contributed by atoms with Crippen molar-refractivity contribution in [1.29, 1.82) is 0 Å². The molecule has 0 bridgehead atoms. The lowest BCUT2D eigenvalue weighted by Gasteiger charge is -2.06. The molecule has 0 saturated heterocycles. The summed E-state index contributed by atoms with van der Waals surface area (Å²) in [5.74, 6) is -0.0537. The van der Waals surface area contributed by atoms with Crippen molar-refractivity contribution < 1.29 is 14.6 Å². The Morgan fingerprint density at radius 1 is 1.47 bits per heavy atom. The number of benzene rings is 1. The van der Waals surface area contributed by atoms with Crippen LogP contribution in [0.4, 0.5) is 0 Å². The van der Waals surface area contributed by atoms with Gasteiger partial charge in [-0.2, -0.15) is 0 Å². The molecule has 0 atom stereocenters. The number of hydrogen-bond donors (Lipinski definition) is 1. The van der Waals surface area contributed by atoms with Gasteiger partial charge in [-0.1, -0.05) is 12.1 Å². The first kappa shape index (κ1) is 13.5. The fourth-order valence-electron chi connectivity index (χ4n) is 1.55. The zero-order valence-electron chi connectivity index (χ0n) is 10.1. The van der Waals surface area contributed by atoms with E-state index in [4.69, 9.17) is 9.84 Å². The number of carboxylic acid groups (broad SMARTS) is 1. The summed E-state index contributed by atoms with van der Waals surface area (Å²) in [6.07, 6.45) is 1.43. The normalized spacial score (nSPS) is 10.2. The van der Waals surface area contributed by atoms with E-state index in [0.717, 1.165) is 0 Å². The zero-order valence-corrected chi connectivity index (χ0v) is 11.7. The molecule has 1 heterocycles. The van der Waals surface area contributed by atoms with Gasteiger partial charge in [0.15, 0.2) is 11.5 Å². The fourth-order valence-corrected chi connectivity index (χ4v) is 1.91. The van der Waals surface area contributed by atoms with Gasteiger partial charge in [0.25, 0.3) is 0 Å². The zero-order chi connectivity index (χ0) is 13.8. The van der Waals surface area contributed by atoms with Gasteiger partial charge in [0, 0.05) is 11.8 Å². The predicted molar refractivity (Wildman–Crippen MR) is 73.3 cm³/mol. The third-order valence-corrected chi connectivity index (χ3v) is 2.93. The number of ether oxygens (including phenoxy) is 1. The summed E-state index contributed by atoms with van der Waals surface area (Å²) in [7, 11) is 0. The fraction of sp³-hybridized carbons (Fsp3) is 0.154. The second-order valence-electron chi connectivity index (χ2n) is 3.66. The Kier molecular flexibility index (Phi) is 4.11. The maximum Gasteiger partial charge on any atom is 0.355 e. The first-order chi connectivity index (χ1) is 9.11. The molecule has 1 aromatic heterocycles. The predicted octanol–water partition coefficient (Wildman–Crippen LogP) is 3.00. The maximum absolute atomic E-state index is 11.0. The summed E-state index contributed by atoms with van der Waals surface area (Å²) in [5.41, 5.74) is 0.646. The van der Waals surface area contributed by atoms with Crippen LogP contribution in [0.15, 0.2) is 34.9 Å². The Labute approximate surface area is 118 Å². The van der Waals surface area contributed by atoms with Crippen molar-refractivity contribution >= 4 is 21.9 Å². The summed E-state index contributed by atoms with van der Waals surface area (Å²) in [6, 6.07) is 7.21. The lowest BCUT2D eigenvalue weighted by Crippen LogP contribution is -2.04. The van der Waals surface area contributed by atoms with Crippen LogP contribution in [-0.4, -0.2) is 27.7 Å². The quantitative estimate of drug-likeness (QED) is 0.936. The van der Waals surface area contributed by atoms with Gasteiger partial charge in [-0.15, -0.1) is 0 Å². The smallest absolute Gasteiger partial charge is 0.355 e. The molecule has 0 spiro atoms. The minimum atomic E-state index is -1.10. The minimum absolute atomic E-state index is 0.0631. The molecular formula is C13H11BrN2O3. The molecular weight excluding hydrogens is 312 g/mol. The molecule has 19 heavy (non-hydrogen) atoms. The van der Waals surface area contributed by atoms with E-state index in [1.54, 1.807) is 12.1 Å². The molecule has 0 saturated carbocycles. The van der Waals surface area contributed by atoms with Crippen molar-refractivity contribution in [1.82, 2.24) is 9.97 Å². The van der Waals surface area contributed by atoms with Gasteiger partial charge in [0.2, 0.25) is 0 Å². The third-order valence-electron chi connectivity index (χ3n) is 2.35. The lowest BCUT2D eigenvalue weighted by atomic mass is 10.2. The Hall–Kier alpha value is -1.95. The largest absolute Gasteiger partial charge is 0.494 e. The van der Waals surface area contributed by atoms with Gasteiger partial charge in [0.1, 0.15) is 5.75 Å². The second kappa shape index (κ2) is 5.79. The van der Waals surface area contributed by atoms with Crippen LogP contribution in [0.5, 0.6) is 5.75 Å². The molecule has 0 aliphatic rings. The molecule has 2 rings (SSSR count). The highest BCUT2D eigenvalue weighted by molar-refractivity contribution is 9.10. The first-order valence-electron chi connectivity index (χ1n) is 5.61. The van der Waals surface area contributed by atoms with E-state index in [1.807, 2.05) is 19.1 Å². The van der Waals surface area contributed by atoms with E-state index >= 15 is 0 Å². The van der Waals surface area contributed by atoms with Gasteiger partial charge in [-0.25, -0.2) is 14.8 Å². The number of aromatic carboxylic acids is 1. The highest BCUT2D eigenvalue weighted by atomic mass is 79.9. The van der Waals surface area contributed by atoms with Crippen molar-refractivity contribution in [2.75, 3.05) is 6.61 Å². The minimum Gasteiger partial charge on any atom is -0.494 e. The van der Waals surface area contributed by atoms with Crippen molar-refractivity contribution in [3.63, 3.8) is 0 Å². The SMILES string of the molecule is CCOc1cccc(-c2ncc(Br)c(C(=O)O)n2)c1. The molecule has 0 unspecified atom stereocenters. The molecule has 0 aliphatic carbocycles. The Bertz CT molecular complexity index is 617. The van der Waals surface area contributed by atoms with E-state index in [-0.39, 0.29) is 5.69 Å². The van der Waals surface area contributed by atoms with Crippen molar-refractivity contribution in [3.05, 3.63) is 40.6 Å². The maximum atomic E-state index is 11.0. The molecule has 0 fully saturated rings. The van der Waals surface area contributed by atoms with Crippen LogP contribution in [0.2, 0.25) is 0 Å². The number of hydrogen-bond acceptors (Lipinski definition) is 4. The van der Waals surface area contributed by atoms with Crippen molar-refractivity contribution in [2.24, 2.45) is 0 Å². The Morgan fingerprint density at radius 3 is 2.95 bits per heavy atom. The van der Waals surface area contributed by atoms with Gasteiger partial charge in [-0.3, -0.25) is 0 Å². The van der Waals surface area contributed by atoms with E-state index in [1.165, 1.54) is 6.20 Å². The Morgan fingerprint density at radius 2 is 2.26 bits per heavy atom. The van der Waals surface area contributed by atoms with Crippen LogP contribution in [-0.2, 0) is 0 Å². The molecule has 98 valence electrons. The molecule has 1 N–H and O–H groups in total. The van der Waals surface area contributed by atoms with Crippen LogP contribution in [0.3, 0.4) is 0 Å². The molecule has 2 aromatic rings. The number of carbonyl (C=O) groups is 1. The molecule has 5 nitrogen and oxygen atoms in total. The van der Waals surface area contributed by atoms with Gasteiger partial charge in [0.05, 0.1) is 11.1 Å². The number of rotatable bonds is 4. The summed E-state index contributed by atoms with van der Waals surface area (Å²) in [4.78, 5) is 19.2. The molecule has 0 aliphatic heterocycles. The van der Waals surface area contributed by atoms with E-state index in [2.05, 4.69) is 25.9 Å². The summed E-state index contributed by atoms with van der Waals surface area (Å²) >= 11 is 3.11. The monoisotopic (exact) mass is 322 g/mol. The van der Waals surface area contributed by atoms with Crippen molar-refractivity contribution in [2.45, 2.75) is 6.92 Å². The highest BCUT2D eigenvalue weighted by Crippen LogP contribution is 2.23. The topological polar surface area (TPSA) is 72.3 Å². The lowest BCUT2D eigenvalue weighted by molar-refractivity contribution is 0.0689. The van der Waals surface area contributed by atoms with Gasteiger partial charge >= 0.3 is 5.97 Å². The van der Waals surface area contributed by atoms with Crippen molar-refractivity contribution in [3.8, 4) is 17.1 Å². The number of nitrogens with zero attached hydrogens (tertiary/aromatic N) is 2. The summed E-state index contributed by atoms with van der Waals surface area (Å²) in [6.45, 7) is 2.45.